The number of hydrogen-bond acceptors (Lipinski definition) is 5. The van der Waals surface area contributed by atoms with Crippen molar-refractivity contribution in [3.05, 3.63) is 100 Å². The van der Waals surface area contributed by atoms with Gasteiger partial charge in [-0.1, -0.05) is 36.4 Å². The van der Waals surface area contributed by atoms with E-state index in [0.717, 1.165) is 28.4 Å². The van der Waals surface area contributed by atoms with E-state index in [2.05, 4.69) is 15.0 Å². The predicted octanol–water partition coefficient (Wildman–Crippen LogP) is 4.99. The van der Waals surface area contributed by atoms with Gasteiger partial charge >= 0.3 is 0 Å². The summed E-state index contributed by atoms with van der Waals surface area (Å²) in [5.74, 6) is -0.869. The Bertz CT molecular complexity index is 1390. The molecule has 2 N–H and O–H groups in total. The highest BCUT2D eigenvalue weighted by Crippen LogP contribution is 2.22. The second-order valence-corrected chi connectivity index (χ2v) is 9.89. The van der Waals surface area contributed by atoms with Gasteiger partial charge in [-0.2, -0.15) is 0 Å². The lowest BCUT2D eigenvalue weighted by molar-refractivity contribution is 0.0950. The van der Waals surface area contributed by atoms with Gasteiger partial charge in [0.15, 0.2) is 0 Å². The van der Waals surface area contributed by atoms with Gasteiger partial charge in [-0.3, -0.25) is 9.52 Å². The highest BCUT2D eigenvalue weighted by Gasteiger charge is 2.19. The fourth-order valence-corrected chi connectivity index (χ4v) is 4.96. The number of carbonyl (C=O) groups is 1. The fourth-order valence-electron chi connectivity index (χ4n) is 3.13. The molecule has 0 saturated carbocycles. The average Bonchev–Trinajstić information content (AvgIpc) is 3.29. The van der Waals surface area contributed by atoms with Crippen molar-refractivity contribution in [2.45, 2.75) is 18.4 Å². The summed E-state index contributed by atoms with van der Waals surface area (Å²) in [6, 6.07) is 19.0. The first-order chi connectivity index (χ1) is 15.8. The number of carbonyl (C=O) groups excluding carboxylic acids is 1. The molecule has 0 aliphatic rings. The number of nitrogens with one attached hydrogen (secondary N) is 2. The molecule has 33 heavy (non-hydrogen) atoms. The largest absolute Gasteiger partial charge is 0.346 e. The van der Waals surface area contributed by atoms with Crippen LogP contribution >= 0.6 is 11.3 Å². The zero-order valence-electron chi connectivity index (χ0n) is 17.6. The van der Waals surface area contributed by atoms with Crippen molar-refractivity contribution in [1.29, 1.82) is 0 Å². The molecule has 6 nitrogen and oxygen atoms in total. The number of sulfonamides is 1. The molecule has 0 aliphatic carbocycles. The summed E-state index contributed by atoms with van der Waals surface area (Å²) in [4.78, 5) is 17.3. The Morgan fingerprint density at radius 3 is 2.48 bits per heavy atom. The molecule has 0 unspecified atom stereocenters. The minimum atomic E-state index is -3.96. The van der Waals surface area contributed by atoms with Crippen LogP contribution in [0.3, 0.4) is 0 Å². The smallest absolute Gasteiger partial charge is 0.261 e. The Morgan fingerprint density at radius 1 is 1.03 bits per heavy atom. The van der Waals surface area contributed by atoms with Crippen molar-refractivity contribution in [2.75, 3.05) is 4.72 Å². The normalized spacial score (nSPS) is 11.2. The lowest BCUT2D eigenvalue weighted by Crippen LogP contribution is -2.24. The van der Waals surface area contributed by atoms with E-state index in [1.54, 1.807) is 13.0 Å². The number of hydrogen-bond donors (Lipinski definition) is 2. The van der Waals surface area contributed by atoms with Gasteiger partial charge in [-0.15, -0.1) is 11.3 Å². The summed E-state index contributed by atoms with van der Waals surface area (Å²) in [5.41, 5.74) is 2.94. The van der Waals surface area contributed by atoms with E-state index in [1.807, 2.05) is 35.7 Å². The molecule has 3 aromatic carbocycles. The number of amides is 1. The van der Waals surface area contributed by atoms with Crippen LogP contribution in [0.4, 0.5) is 10.1 Å². The quantitative estimate of drug-likeness (QED) is 0.389. The lowest BCUT2D eigenvalue weighted by Gasteiger charge is -2.11. The number of aryl methyl sites for hydroxylation is 1. The lowest BCUT2D eigenvalue weighted by atomic mass is 10.1. The molecule has 0 saturated heterocycles. The second kappa shape index (κ2) is 9.51. The molecule has 168 valence electrons. The molecule has 1 heterocycles. The number of halogens is 1. The third-order valence-corrected chi connectivity index (χ3v) is 7.11. The van der Waals surface area contributed by atoms with Crippen LogP contribution in [0.25, 0.3) is 11.3 Å². The van der Waals surface area contributed by atoms with Crippen LogP contribution in [0.5, 0.6) is 0 Å². The molecule has 1 amide bonds. The molecular formula is C24H20FN3O3S2. The molecule has 4 aromatic rings. The molecule has 0 aliphatic heterocycles. The average molecular weight is 482 g/mol. The van der Waals surface area contributed by atoms with Crippen molar-refractivity contribution in [1.82, 2.24) is 10.3 Å². The summed E-state index contributed by atoms with van der Waals surface area (Å²) in [5, 5.41) is 5.47. The first-order valence-corrected chi connectivity index (χ1v) is 12.4. The molecule has 0 bridgehead atoms. The SMILES string of the molecule is Cc1ccc(S(=O)(=O)Nc2ccc(F)cc2)cc1C(=O)NCc1nc(-c2ccccc2)cs1. The van der Waals surface area contributed by atoms with E-state index in [1.165, 1.54) is 35.6 Å². The van der Waals surface area contributed by atoms with Crippen LogP contribution in [-0.2, 0) is 16.6 Å². The first-order valence-electron chi connectivity index (χ1n) is 9.99. The summed E-state index contributed by atoms with van der Waals surface area (Å²) in [6.45, 7) is 1.95. The monoisotopic (exact) mass is 481 g/mol. The minimum Gasteiger partial charge on any atom is -0.346 e. The van der Waals surface area contributed by atoms with Gasteiger partial charge in [-0.25, -0.2) is 17.8 Å². The zero-order valence-corrected chi connectivity index (χ0v) is 19.2. The Hall–Kier alpha value is -3.56. The van der Waals surface area contributed by atoms with Crippen LogP contribution in [0.2, 0.25) is 0 Å². The maximum absolute atomic E-state index is 13.1. The van der Waals surface area contributed by atoms with Crippen LogP contribution in [-0.4, -0.2) is 19.3 Å². The standard InChI is InChI=1S/C24H20FN3O3S2/c1-16-7-12-20(33(30,31)28-19-10-8-18(25)9-11-19)13-21(16)24(29)26-14-23-27-22(15-32-23)17-5-3-2-4-6-17/h2-13,15,28H,14H2,1H3,(H,26,29). The van der Waals surface area contributed by atoms with E-state index in [0.29, 0.717) is 5.56 Å². The second-order valence-electron chi connectivity index (χ2n) is 7.26. The number of anilines is 1. The predicted molar refractivity (Wildman–Crippen MR) is 127 cm³/mol. The molecule has 4 rings (SSSR count). The van der Waals surface area contributed by atoms with Gasteiger partial charge in [0.05, 0.1) is 17.1 Å². The van der Waals surface area contributed by atoms with E-state index >= 15 is 0 Å². The first kappa shape index (κ1) is 22.6. The Kier molecular flexibility index (Phi) is 6.52. The molecule has 0 atom stereocenters. The van der Waals surface area contributed by atoms with Gasteiger partial charge < -0.3 is 5.32 Å². The third kappa shape index (κ3) is 5.44. The van der Waals surface area contributed by atoms with E-state index < -0.39 is 21.7 Å². The van der Waals surface area contributed by atoms with Crippen LogP contribution in [0.1, 0.15) is 20.9 Å². The number of benzene rings is 3. The van der Waals surface area contributed by atoms with Crippen LogP contribution < -0.4 is 10.0 Å². The molecule has 0 radical (unpaired) electrons. The van der Waals surface area contributed by atoms with Gasteiger partial charge in [0.25, 0.3) is 15.9 Å². The zero-order chi connectivity index (χ0) is 23.4. The Balaban J connectivity index is 1.47. The van der Waals surface area contributed by atoms with Crippen molar-refractivity contribution in [2.24, 2.45) is 0 Å². The van der Waals surface area contributed by atoms with Gasteiger partial charge in [-0.05, 0) is 48.9 Å². The highest BCUT2D eigenvalue weighted by molar-refractivity contribution is 7.92. The van der Waals surface area contributed by atoms with Gasteiger partial charge in [0.2, 0.25) is 0 Å². The van der Waals surface area contributed by atoms with E-state index in [9.17, 15) is 17.6 Å². The number of rotatable bonds is 7. The number of nitrogens with zero attached hydrogens (tertiary/aromatic N) is 1. The molecular weight excluding hydrogens is 461 g/mol. The summed E-state index contributed by atoms with van der Waals surface area (Å²) in [7, 11) is -3.96. The third-order valence-electron chi connectivity index (χ3n) is 4.88. The van der Waals surface area contributed by atoms with Gasteiger partial charge in [0.1, 0.15) is 10.8 Å². The summed E-state index contributed by atoms with van der Waals surface area (Å²) >= 11 is 1.44. The fraction of sp³-hybridized carbons (Fsp3) is 0.0833. The Morgan fingerprint density at radius 2 is 1.76 bits per heavy atom. The number of thiazole rings is 1. The maximum Gasteiger partial charge on any atom is 0.261 e. The number of aromatic nitrogens is 1. The minimum absolute atomic E-state index is 0.0665. The molecule has 9 heteroatoms. The van der Waals surface area contributed by atoms with Crippen LogP contribution in [0.15, 0.2) is 83.1 Å². The molecule has 0 spiro atoms. The van der Waals surface area contributed by atoms with Crippen molar-refractivity contribution in [3.8, 4) is 11.3 Å². The van der Waals surface area contributed by atoms with Crippen molar-refractivity contribution < 1.29 is 17.6 Å². The molecule has 1 aromatic heterocycles. The van der Waals surface area contributed by atoms with Crippen molar-refractivity contribution >= 4 is 33.0 Å². The topological polar surface area (TPSA) is 88.2 Å². The maximum atomic E-state index is 13.1. The molecule has 0 fully saturated rings. The van der Waals surface area contributed by atoms with Crippen molar-refractivity contribution in [3.63, 3.8) is 0 Å². The summed E-state index contributed by atoms with van der Waals surface area (Å²) in [6.07, 6.45) is 0. The van der Waals surface area contributed by atoms with Gasteiger partial charge in [0, 0.05) is 22.2 Å². The Labute approximate surface area is 195 Å². The highest BCUT2D eigenvalue weighted by atomic mass is 32.2. The van der Waals surface area contributed by atoms with E-state index in [-0.39, 0.29) is 22.7 Å². The van der Waals surface area contributed by atoms with E-state index in [4.69, 9.17) is 0 Å². The van der Waals surface area contributed by atoms with Crippen LogP contribution in [0, 0.1) is 12.7 Å². The summed E-state index contributed by atoms with van der Waals surface area (Å²) < 4.78 is 41.0.